The van der Waals surface area contributed by atoms with Crippen molar-refractivity contribution in [2.75, 3.05) is 12.9 Å². The van der Waals surface area contributed by atoms with Crippen molar-refractivity contribution in [1.82, 2.24) is 4.98 Å². The molecule has 0 aliphatic heterocycles. The first-order chi connectivity index (χ1) is 6.40. The molecule has 70 valence electrons. The van der Waals surface area contributed by atoms with Crippen molar-refractivity contribution in [2.24, 2.45) is 5.92 Å². The quantitative estimate of drug-likeness (QED) is 0.689. The summed E-state index contributed by atoms with van der Waals surface area (Å²) in [6.07, 6.45) is 6.46. The minimum absolute atomic E-state index is 0.789. The average Bonchev–Trinajstić information content (AvgIpc) is 2.99. The van der Waals surface area contributed by atoms with Crippen LogP contribution in [0, 0.1) is 5.92 Å². The molecule has 0 amide bonds. The largest absolute Gasteiger partial charge is 0.477 e. The van der Waals surface area contributed by atoms with Gasteiger partial charge in [0.1, 0.15) is 0 Å². The third-order valence-corrected chi connectivity index (χ3v) is 2.86. The molecule has 2 nitrogen and oxygen atoms in total. The Balaban J connectivity index is 1.99. The molecule has 0 saturated heterocycles. The van der Waals surface area contributed by atoms with Crippen molar-refractivity contribution in [3.63, 3.8) is 0 Å². The summed E-state index contributed by atoms with van der Waals surface area (Å²) in [5.41, 5.74) is 0. The molecule has 0 N–H and O–H groups in total. The van der Waals surface area contributed by atoms with Gasteiger partial charge < -0.3 is 4.74 Å². The fourth-order valence-electron chi connectivity index (χ4n) is 1.12. The Morgan fingerprint density at radius 2 is 2.46 bits per heavy atom. The third-order valence-electron chi connectivity index (χ3n) is 2.11. The lowest BCUT2D eigenvalue weighted by Gasteiger charge is -2.06. The van der Waals surface area contributed by atoms with Crippen molar-refractivity contribution in [1.29, 1.82) is 0 Å². The summed E-state index contributed by atoms with van der Waals surface area (Å²) in [6, 6.07) is 3.98. The molecule has 0 bridgehead atoms. The third kappa shape index (κ3) is 2.37. The van der Waals surface area contributed by atoms with E-state index in [9.17, 15) is 0 Å². The zero-order valence-corrected chi connectivity index (χ0v) is 8.51. The van der Waals surface area contributed by atoms with Crippen LogP contribution < -0.4 is 4.74 Å². The second-order valence-corrected chi connectivity index (χ2v) is 4.11. The molecule has 3 heteroatoms. The maximum atomic E-state index is 5.62. The minimum Gasteiger partial charge on any atom is -0.477 e. The van der Waals surface area contributed by atoms with Crippen molar-refractivity contribution >= 4 is 11.8 Å². The van der Waals surface area contributed by atoms with Crippen molar-refractivity contribution < 1.29 is 4.74 Å². The summed E-state index contributed by atoms with van der Waals surface area (Å²) in [7, 11) is 0. The molecule has 1 aromatic rings. The van der Waals surface area contributed by atoms with E-state index in [0.29, 0.717) is 0 Å². The smallest absolute Gasteiger partial charge is 0.227 e. The highest BCUT2D eigenvalue weighted by Gasteiger charge is 2.22. The normalized spacial score (nSPS) is 15.8. The summed E-state index contributed by atoms with van der Waals surface area (Å²) in [5.74, 6) is 1.58. The fourth-order valence-corrected chi connectivity index (χ4v) is 1.62. The van der Waals surface area contributed by atoms with E-state index in [1.165, 1.54) is 12.8 Å². The van der Waals surface area contributed by atoms with E-state index >= 15 is 0 Å². The maximum absolute atomic E-state index is 5.62. The van der Waals surface area contributed by atoms with E-state index in [-0.39, 0.29) is 0 Å². The highest BCUT2D eigenvalue weighted by atomic mass is 32.2. The molecule has 1 heterocycles. The number of nitrogens with zero attached hydrogens (tertiary/aromatic N) is 1. The number of ether oxygens (including phenoxy) is 1. The first-order valence-electron chi connectivity index (χ1n) is 4.52. The van der Waals surface area contributed by atoms with Gasteiger partial charge in [0.2, 0.25) is 5.88 Å². The Labute approximate surface area is 82.7 Å². The summed E-state index contributed by atoms with van der Waals surface area (Å²) in [6.45, 7) is 0.838. The Morgan fingerprint density at radius 1 is 1.62 bits per heavy atom. The Morgan fingerprint density at radius 3 is 3.15 bits per heavy atom. The predicted octanol–water partition coefficient (Wildman–Crippen LogP) is 2.59. The predicted molar refractivity (Wildman–Crippen MR) is 54.2 cm³/mol. The van der Waals surface area contributed by atoms with Crippen LogP contribution in [0.2, 0.25) is 0 Å². The topological polar surface area (TPSA) is 22.1 Å². The standard InChI is InChI=1S/C10H13NOS/c1-13-9-3-2-6-11-10(9)12-7-8-4-5-8/h2-3,6,8H,4-5,7H2,1H3. The molecular weight excluding hydrogens is 182 g/mol. The number of pyridine rings is 1. The van der Waals surface area contributed by atoms with Crippen LogP contribution in [-0.4, -0.2) is 17.8 Å². The second-order valence-electron chi connectivity index (χ2n) is 3.27. The van der Waals surface area contributed by atoms with Gasteiger partial charge in [0.25, 0.3) is 0 Å². The molecule has 1 saturated carbocycles. The van der Waals surface area contributed by atoms with Gasteiger partial charge in [0.05, 0.1) is 11.5 Å². The summed E-state index contributed by atoms with van der Waals surface area (Å²) in [4.78, 5) is 5.33. The van der Waals surface area contributed by atoms with Crippen molar-refractivity contribution in [2.45, 2.75) is 17.7 Å². The first-order valence-corrected chi connectivity index (χ1v) is 5.74. The molecule has 0 aromatic carbocycles. The lowest BCUT2D eigenvalue weighted by Crippen LogP contribution is -2.01. The number of hydrogen-bond acceptors (Lipinski definition) is 3. The van der Waals surface area contributed by atoms with Gasteiger partial charge in [-0.3, -0.25) is 0 Å². The Hall–Kier alpha value is -0.700. The molecule has 1 aromatic heterocycles. The molecule has 1 aliphatic carbocycles. The van der Waals surface area contributed by atoms with Crippen LogP contribution >= 0.6 is 11.8 Å². The highest BCUT2D eigenvalue weighted by molar-refractivity contribution is 7.98. The van der Waals surface area contributed by atoms with E-state index < -0.39 is 0 Å². The van der Waals surface area contributed by atoms with Crippen LogP contribution in [0.15, 0.2) is 23.2 Å². The first kappa shape index (κ1) is 8.88. The minimum atomic E-state index is 0.789. The molecule has 1 aliphatic rings. The average molecular weight is 195 g/mol. The van der Waals surface area contributed by atoms with Crippen LogP contribution in [0.3, 0.4) is 0 Å². The Kier molecular flexibility index (Phi) is 2.74. The van der Waals surface area contributed by atoms with E-state index in [2.05, 4.69) is 4.98 Å². The van der Waals surface area contributed by atoms with Gasteiger partial charge in [-0.05, 0) is 37.1 Å². The number of rotatable bonds is 4. The van der Waals surface area contributed by atoms with E-state index in [1.54, 1.807) is 18.0 Å². The van der Waals surface area contributed by atoms with Crippen molar-refractivity contribution in [3.8, 4) is 5.88 Å². The van der Waals surface area contributed by atoms with Gasteiger partial charge in [-0.15, -0.1) is 11.8 Å². The molecule has 2 rings (SSSR count). The molecule has 1 fully saturated rings. The van der Waals surface area contributed by atoms with E-state index in [0.717, 1.165) is 23.3 Å². The van der Waals surface area contributed by atoms with E-state index in [1.807, 2.05) is 18.4 Å². The number of aromatic nitrogens is 1. The van der Waals surface area contributed by atoms with Gasteiger partial charge >= 0.3 is 0 Å². The van der Waals surface area contributed by atoms with Crippen LogP contribution in [-0.2, 0) is 0 Å². The van der Waals surface area contributed by atoms with Gasteiger partial charge in [-0.1, -0.05) is 0 Å². The lowest BCUT2D eigenvalue weighted by atomic mass is 10.4. The second kappa shape index (κ2) is 4.01. The highest BCUT2D eigenvalue weighted by Crippen LogP contribution is 2.31. The molecule has 0 atom stereocenters. The molecule has 0 unspecified atom stereocenters. The summed E-state index contributed by atoms with van der Waals surface area (Å²) < 4.78 is 5.62. The SMILES string of the molecule is CSc1cccnc1OCC1CC1. The fraction of sp³-hybridized carbons (Fsp3) is 0.500. The van der Waals surface area contributed by atoms with Gasteiger partial charge in [0, 0.05) is 6.20 Å². The van der Waals surface area contributed by atoms with Crippen LogP contribution in [0.1, 0.15) is 12.8 Å². The number of hydrogen-bond donors (Lipinski definition) is 0. The Bertz CT molecular complexity index is 286. The molecule has 0 radical (unpaired) electrons. The van der Waals surface area contributed by atoms with Gasteiger partial charge in [-0.2, -0.15) is 0 Å². The zero-order chi connectivity index (χ0) is 9.10. The number of thioether (sulfide) groups is 1. The van der Waals surface area contributed by atoms with Crippen LogP contribution in [0.4, 0.5) is 0 Å². The molecular formula is C10H13NOS. The zero-order valence-electron chi connectivity index (χ0n) is 7.69. The monoisotopic (exact) mass is 195 g/mol. The molecule has 13 heavy (non-hydrogen) atoms. The summed E-state index contributed by atoms with van der Waals surface area (Å²) >= 11 is 1.68. The molecule has 0 spiro atoms. The lowest BCUT2D eigenvalue weighted by molar-refractivity contribution is 0.281. The summed E-state index contributed by atoms with van der Waals surface area (Å²) in [5, 5.41) is 0. The van der Waals surface area contributed by atoms with E-state index in [4.69, 9.17) is 4.74 Å². The van der Waals surface area contributed by atoms with Crippen LogP contribution in [0.5, 0.6) is 5.88 Å². The van der Waals surface area contributed by atoms with Gasteiger partial charge in [0.15, 0.2) is 0 Å². The van der Waals surface area contributed by atoms with Gasteiger partial charge in [-0.25, -0.2) is 4.98 Å². The van der Waals surface area contributed by atoms with Crippen LogP contribution in [0.25, 0.3) is 0 Å². The van der Waals surface area contributed by atoms with Crippen molar-refractivity contribution in [3.05, 3.63) is 18.3 Å². The maximum Gasteiger partial charge on any atom is 0.227 e.